The molecule has 1 aliphatic rings. The molecule has 5 nitrogen and oxygen atoms in total. The molecule has 0 spiro atoms. The van der Waals surface area contributed by atoms with Crippen molar-refractivity contribution in [3.05, 3.63) is 21.3 Å². The highest BCUT2D eigenvalue weighted by molar-refractivity contribution is 6.42. The summed E-state index contributed by atoms with van der Waals surface area (Å²) in [6.07, 6.45) is 0.680. The van der Waals surface area contributed by atoms with Gasteiger partial charge in [0.2, 0.25) is 5.91 Å². The maximum atomic E-state index is 11.9. The van der Waals surface area contributed by atoms with Crippen LogP contribution in [-0.2, 0) is 9.59 Å². The fraction of sp³-hybridized carbons (Fsp3) is 0.364. The van der Waals surface area contributed by atoms with Crippen molar-refractivity contribution >= 4 is 52.4 Å². The van der Waals surface area contributed by atoms with Crippen LogP contribution in [0.25, 0.3) is 0 Å². The second-order valence-corrected chi connectivity index (χ2v) is 5.29. The smallest absolute Gasteiger partial charge is 0.251 e. The van der Waals surface area contributed by atoms with Crippen LogP contribution in [0.15, 0.2) is 6.07 Å². The number of halogens is 3. The standard InChI is InChI=1S/C11H10Cl3N3O2/c1-17-8(18)3-2-7(11(17)19)15-10-6(13)4-5(12)9(14)16-10/h4,7H,2-3H2,1H3,(H,15,16). The minimum atomic E-state index is -0.551. The Morgan fingerprint density at radius 1 is 1.32 bits per heavy atom. The largest absolute Gasteiger partial charge is 0.357 e. The lowest BCUT2D eigenvalue weighted by atomic mass is 10.0. The van der Waals surface area contributed by atoms with Crippen molar-refractivity contribution in [2.75, 3.05) is 12.4 Å². The first-order chi connectivity index (χ1) is 8.90. The molecule has 0 bridgehead atoms. The van der Waals surface area contributed by atoms with Gasteiger partial charge in [0.25, 0.3) is 5.91 Å². The normalized spacial score (nSPS) is 19.8. The van der Waals surface area contributed by atoms with E-state index in [4.69, 9.17) is 34.8 Å². The van der Waals surface area contributed by atoms with Gasteiger partial charge in [-0.05, 0) is 12.5 Å². The lowest BCUT2D eigenvalue weighted by molar-refractivity contribution is -0.146. The number of nitrogens with zero attached hydrogens (tertiary/aromatic N) is 2. The summed E-state index contributed by atoms with van der Waals surface area (Å²) in [5.41, 5.74) is 0. The van der Waals surface area contributed by atoms with Gasteiger partial charge in [-0.3, -0.25) is 14.5 Å². The molecule has 0 radical (unpaired) electrons. The molecule has 8 heteroatoms. The fourth-order valence-electron chi connectivity index (χ4n) is 1.76. The third-order valence-corrected chi connectivity index (χ3v) is 3.81. The van der Waals surface area contributed by atoms with Gasteiger partial charge in [-0.15, -0.1) is 0 Å². The van der Waals surface area contributed by atoms with Gasteiger partial charge in [-0.2, -0.15) is 0 Å². The average molecular weight is 323 g/mol. The molecule has 0 aromatic carbocycles. The van der Waals surface area contributed by atoms with E-state index in [0.29, 0.717) is 12.8 Å². The number of carbonyl (C=O) groups is 2. The van der Waals surface area contributed by atoms with Crippen molar-refractivity contribution in [3.63, 3.8) is 0 Å². The van der Waals surface area contributed by atoms with Crippen LogP contribution in [0.3, 0.4) is 0 Å². The Labute approximate surface area is 124 Å². The molecule has 1 aromatic heterocycles. The zero-order chi connectivity index (χ0) is 14.2. The van der Waals surface area contributed by atoms with Gasteiger partial charge in [0, 0.05) is 13.5 Å². The summed E-state index contributed by atoms with van der Waals surface area (Å²) in [6.45, 7) is 0. The van der Waals surface area contributed by atoms with Gasteiger partial charge in [0.1, 0.15) is 17.0 Å². The number of hydrogen-bond donors (Lipinski definition) is 1. The number of rotatable bonds is 2. The van der Waals surface area contributed by atoms with Crippen LogP contribution in [0.2, 0.25) is 15.2 Å². The van der Waals surface area contributed by atoms with E-state index in [1.165, 1.54) is 13.1 Å². The molecule has 1 N–H and O–H groups in total. The van der Waals surface area contributed by atoms with E-state index in [-0.39, 0.29) is 32.8 Å². The average Bonchev–Trinajstić information content (AvgIpc) is 2.36. The number of amides is 2. The molecule has 2 heterocycles. The van der Waals surface area contributed by atoms with E-state index in [2.05, 4.69) is 10.3 Å². The van der Waals surface area contributed by atoms with Gasteiger partial charge in [0.15, 0.2) is 0 Å². The number of aromatic nitrogens is 1. The molecular weight excluding hydrogens is 312 g/mol. The lowest BCUT2D eigenvalue weighted by Gasteiger charge is -2.28. The topological polar surface area (TPSA) is 62.3 Å². The van der Waals surface area contributed by atoms with Crippen LogP contribution in [0.4, 0.5) is 5.82 Å². The second-order valence-electron chi connectivity index (χ2n) is 4.12. The molecule has 1 unspecified atom stereocenters. The number of piperidine rings is 1. The minimum absolute atomic E-state index is 0.0984. The van der Waals surface area contributed by atoms with Crippen molar-refractivity contribution in [2.24, 2.45) is 0 Å². The highest BCUT2D eigenvalue weighted by atomic mass is 35.5. The Morgan fingerprint density at radius 3 is 2.68 bits per heavy atom. The van der Waals surface area contributed by atoms with E-state index < -0.39 is 6.04 Å². The first kappa shape index (κ1) is 14.4. The molecule has 1 fully saturated rings. The first-order valence-electron chi connectivity index (χ1n) is 5.48. The van der Waals surface area contributed by atoms with Gasteiger partial charge in [-0.1, -0.05) is 34.8 Å². The van der Waals surface area contributed by atoms with Crippen molar-refractivity contribution in [1.82, 2.24) is 9.88 Å². The maximum absolute atomic E-state index is 11.9. The number of hydrogen-bond acceptors (Lipinski definition) is 4. The molecular formula is C11H10Cl3N3O2. The van der Waals surface area contributed by atoms with Gasteiger partial charge < -0.3 is 5.32 Å². The Balaban J connectivity index is 2.20. The predicted octanol–water partition coefficient (Wildman–Crippen LogP) is 2.60. The van der Waals surface area contributed by atoms with E-state index in [0.717, 1.165) is 4.90 Å². The minimum Gasteiger partial charge on any atom is -0.357 e. The lowest BCUT2D eigenvalue weighted by Crippen LogP contribution is -2.48. The van der Waals surface area contributed by atoms with Crippen LogP contribution >= 0.6 is 34.8 Å². The molecule has 1 aromatic rings. The fourth-order valence-corrected chi connectivity index (χ4v) is 2.31. The Bertz CT molecular complexity index is 550. The van der Waals surface area contributed by atoms with Gasteiger partial charge >= 0.3 is 0 Å². The second kappa shape index (κ2) is 5.53. The molecule has 1 saturated heterocycles. The summed E-state index contributed by atoms with van der Waals surface area (Å²) < 4.78 is 0. The zero-order valence-electron chi connectivity index (χ0n) is 9.91. The van der Waals surface area contributed by atoms with Gasteiger partial charge in [0.05, 0.1) is 10.0 Å². The van der Waals surface area contributed by atoms with Gasteiger partial charge in [-0.25, -0.2) is 4.98 Å². The van der Waals surface area contributed by atoms with E-state index in [9.17, 15) is 9.59 Å². The third-order valence-electron chi connectivity index (χ3n) is 2.85. The monoisotopic (exact) mass is 321 g/mol. The van der Waals surface area contributed by atoms with Crippen LogP contribution in [-0.4, -0.2) is 34.8 Å². The summed E-state index contributed by atoms with van der Waals surface area (Å²) >= 11 is 17.5. The van der Waals surface area contributed by atoms with Crippen LogP contribution in [0.1, 0.15) is 12.8 Å². The molecule has 1 atom stereocenters. The van der Waals surface area contributed by atoms with E-state index >= 15 is 0 Å². The van der Waals surface area contributed by atoms with E-state index in [1.807, 2.05) is 0 Å². The summed E-state index contributed by atoms with van der Waals surface area (Å²) in [5, 5.41) is 3.49. The number of pyridine rings is 1. The first-order valence-corrected chi connectivity index (χ1v) is 6.62. The van der Waals surface area contributed by atoms with Crippen LogP contribution in [0, 0.1) is 0 Å². The molecule has 2 amide bonds. The number of carbonyl (C=O) groups excluding carboxylic acids is 2. The van der Waals surface area contributed by atoms with Crippen molar-refractivity contribution in [3.8, 4) is 0 Å². The number of likely N-dealkylation sites (tertiary alicyclic amines) is 1. The SMILES string of the molecule is CN1C(=O)CCC(Nc2nc(Cl)c(Cl)cc2Cl)C1=O. The number of imide groups is 1. The van der Waals surface area contributed by atoms with E-state index in [1.54, 1.807) is 0 Å². The Hall–Kier alpha value is -1.04. The molecule has 102 valence electrons. The zero-order valence-corrected chi connectivity index (χ0v) is 12.2. The van der Waals surface area contributed by atoms with Crippen molar-refractivity contribution in [1.29, 1.82) is 0 Å². The highest BCUT2D eigenvalue weighted by Gasteiger charge is 2.32. The number of anilines is 1. The van der Waals surface area contributed by atoms with Crippen LogP contribution < -0.4 is 5.32 Å². The molecule has 0 aliphatic carbocycles. The Kier molecular flexibility index (Phi) is 4.18. The van der Waals surface area contributed by atoms with Crippen molar-refractivity contribution < 1.29 is 9.59 Å². The Morgan fingerprint density at radius 2 is 2.00 bits per heavy atom. The predicted molar refractivity (Wildman–Crippen MR) is 73.7 cm³/mol. The molecule has 2 rings (SSSR count). The highest BCUT2D eigenvalue weighted by Crippen LogP contribution is 2.30. The third kappa shape index (κ3) is 2.94. The number of likely N-dealkylation sites (N-methyl/N-ethyl adjacent to an activating group) is 1. The molecule has 1 aliphatic heterocycles. The summed E-state index contributed by atoms with van der Waals surface area (Å²) in [7, 11) is 1.45. The summed E-state index contributed by atoms with van der Waals surface area (Å²) in [4.78, 5) is 28.4. The quantitative estimate of drug-likeness (QED) is 0.671. The summed E-state index contributed by atoms with van der Waals surface area (Å²) in [5.74, 6) is -0.242. The summed E-state index contributed by atoms with van der Waals surface area (Å²) in [6, 6.07) is 0.896. The molecule has 19 heavy (non-hydrogen) atoms. The van der Waals surface area contributed by atoms with Crippen LogP contribution in [0.5, 0.6) is 0 Å². The van der Waals surface area contributed by atoms with Crippen molar-refractivity contribution in [2.45, 2.75) is 18.9 Å². The number of nitrogens with one attached hydrogen (secondary N) is 1. The molecule has 0 saturated carbocycles. The maximum Gasteiger partial charge on any atom is 0.251 e.